The minimum atomic E-state index is -0.130. The van der Waals surface area contributed by atoms with Crippen LogP contribution in [0.25, 0.3) is 22.0 Å². The molecule has 1 aromatic heterocycles. The van der Waals surface area contributed by atoms with Crippen molar-refractivity contribution in [2.45, 2.75) is 0 Å². The SMILES string of the molecule is O=C(Nc1ccc(N2CCOCC2)cc1)c1cccc(-c2cnc3ccccc3c2)c1. The summed E-state index contributed by atoms with van der Waals surface area (Å²) in [6.07, 6.45) is 1.85. The molecule has 0 bridgehead atoms. The lowest BCUT2D eigenvalue weighted by atomic mass is 10.0. The fourth-order valence-electron chi connectivity index (χ4n) is 3.85. The van der Waals surface area contributed by atoms with Crippen LogP contribution >= 0.6 is 0 Å². The third kappa shape index (κ3) is 4.27. The first-order valence-corrected chi connectivity index (χ1v) is 10.5. The standard InChI is InChI=1S/C26H23N3O2/c30-26(28-23-8-10-24(11-9-23)29-12-14-31-15-13-29)21-6-3-5-19(16-21)22-17-20-4-1-2-7-25(20)27-18-22/h1-11,16-18H,12-15H2,(H,28,30). The van der Waals surface area contributed by atoms with Gasteiger partial charge in [0.2, 0.25) is 0 Å². The highest BCUT2D eigenvalue weighted by atomic mass is 16.5. The number of carbonyl (C=O) groups excluding carboxylic acids is 1. The Labute approximate surface area is 181 Å². The quantitative estimate of drug-likeness (QED) is 0.516. The van der Waals surface area contributed by atoms with Crippen molar-refractivity contribution in [2.24, 2.45) is 0 Å². The maximum absolute atomic E-state index is 12.8. The number of benzene rings is 3. The maximum Gasteiger partial charge on any atom is 0.255 e. The molecule has 1 saturated heterocycles. The van der Waals surface area contributed by atoms with E-state index in [9.17, 15) is 4.79 Å². The lowest BCUT2D eigenvalue weighted by Gasteiger charge is -2.28. The van der Waals surface area contributed by atoms with Crippen LogP contribution < -0.4 is 10.2 Å². The third-order valence-corrected chi connectivity index (χ3v) is 5.55. The molecule has 1 aliphatic rings. The maximum atomic E-state index is 12.8. The summed E-state index contributed by atoms with van der Waals surface area (Å²) in [6, 6.07) is 25.7. The molecule has 5 heteroatoms. The molecular weight excluding hydrogens is 386 g/mol. The van der Waals surface area contributed by atoms with Crippen molar-refractivity contribution in [3.8, 4) is 11.1 Å². The minimum Gasteiger partial charge on any atom is -0.378 e. The van der Waals surface area contributed by atoms with E-state index >= 15 is 0 Å². The Balaban J connectivity index is 1.32. The first-order valence-electron chi connectivity index (χ1n) is 10.5. The number of amides is 1. The summed E-state index contributed by atoms with van der Waals surface area (Å²) in [6.45, 7) is 3.29. The highest BCUT2D eigenvalue weighted by Crippen LogP contribution is 2.24. The van der Waals surface area contributed by atoms with Crippen molar-refractivity contribution in [1.29, 1.82) is 0 Å². The summed E-state index contributed by atoms with van der Waals surface area (Å²) in [5.41, 5.74) is 5.45. The highest BCUT2D eigenvalue weighted by molar-refractivity contribution is 6.05. The van der Waals surface area contributed by atoms with E-state index in [4.69, 9.17) is 4.74 Å². The Bertz CT molecular complexity index is 1210. The van der Waals surface area contributed by atoms with Crippen LogP contribution in [0, 0.1) is 0 Å². The summed E-state index contributed by atoms with van der Waals surface area (Å²) in [4.78, 5) is 19.7. The van der Waals surface area contributed by atoms with Crippen molar-refractivity contribution in [3.63, 3.8) is 0 Å². The van der Waals surface area contributed by atoms with Gasteiger partial charge < -0.3 is 15.0 Å². The number of nitrogens with one attached hydrogen (secondary N) is 1. The number of fused-ring (bicyclic) bond motifs is 1. The predicted molar refractivity (Wildman–Crippen MR) is 125 cm³/mol. The fourth-order valence-corrected chi connectivity index (χ4v) is 3.85. The molecule has 2 heterocycles. The van der Waals surface area contributed by atoms with Crippen molar-refractivity contribution in [1.82, 2.24) is 4.98 Å². The molecule has 1 aliphatic heterocycles. The van der Waals surface area contributed by atoms with E-state index < -0.39 is 0 Å². The number of aromatic nitrogens is 1. The van der Waals surface area contributed by atoms with Gasteiger partial charge in [0, 0.05) is 47.2 Å². The summed E-state index contributed by atoms with van der Waals surface area (Å²) in [5, 5.41) is 4.08. The molecule has 1 fully saturated rings. The topological polar surface area (TPSA) is 54.5 Å². The van der Waals surface area contributed by atoms with Gasteiger partial charge >= 0.3 is 0 Å². The van der Waals surface area contributed by atoms with Crippen LogP contribution in [0.5, 0.6) is 0 Å². The van der Waals surface area contributed by atoms with E-state index in [1.54, 1.807) is 0 Å². The third-order valence-electron chi connectivity index (χ3n) is 5.55. The van der Waals surface area contributed by atoms with Gasteiger partial charge in [0.25, 0.3) is 5.91 Å². The van der Waals surface area contributed by atoms with E-state index in [0.717, 1.165) is 59.7 Å². The van der Waals surface area contributed by atoms with Crippen LogP contribution in [0.2, 0.25) is 0 Å². The van der Waals surface area contributed by atoms with Crippen LogP contribution in [-0.2, 0) is 4.74 Å². The summed E-state index contributed by atoms with van der Waals surface area (Å²) < 4.78 is 5.41. The van der Waals surface area contributed by atoms with Gasteiger partial charge in [-0.1, -0.05) is 30.3 Å². The number of anilines is 2. The molecule has 5 nitrogen and oxygen atoms in total. The number of hydrogen-bond acceptors (Lipinski definition) is 4. The van der Waals surface area contributed by atoms with Crippen LogP contribution in [0.4, 0.5) is 11.4 Å². The van der Waals surface area contributed by atoms with Gasteiger partial charge in [0.15, 0.2) is 0 Å². The number of nitrogens with zero attached hydrogens (tertiary/aromatic N) is 2. The second kappa shape index (κ2) is 8.58. The number of rotatable bonds is 4. The molecule has 0 aliphatic carbocycles. The van der Waals surface area contributed by atoms with E-state index in [1.165, 1.54) is 0 Å². The molecule has 31 heavy (non-hydrogen) atoms. The number of hydrogen-bond donors (Lipinski definition) is 1. The van der Waals surface area contributed by atoms with Gasteiger partial charge in [-0.3, -0.25) is 9.78 Å². The molecule has 0 unspecified atom stereocenters. The normalized spacial score (nSPS) is 13.9. The zero-order chi connectivity index (χ0) is 21.0. The van der Waals surface area contributed by atoms with Crippen molar-refractivity contribution < 1.29 is 9.53 Å². The van der Waals surface area contributed by atoms with Crippen molar-refractivity contribution in [3.05, 3.63) is 90.6 Å². The Kier molecular flexibility index (Phi) is 5.33. The van der Waals surface area contributed by atoms with Gasteiger partial charge in [-0.05, 0) is 54.1 Å². The Morgan fingerprint density at radius 2 is 1.68 bits per heavy atom. The lowest BCUT2D eigenvalue weighted by molar-refractivity contribution is 0.102. The van der Waals surface area contributed by atoms with Crippen molar-refractivity contribution in [2.75, 3.05) is 36.5 Å². The monoisotopic (exact) mass is 409 g/mol. The molecule has 0 saturated carbocycles. The van der Waals surface area contributed by atoms with Gasteiger partial charge in [-0.2, -0.15) is 0 Å². The van der Waals surface area contributed by atoms with E-state index in [1.807, 2.05) is 79.0 Å². The molecule has 0 atom stereocenters. The minimum absolute atomic E-state index is 0.130. The lowest BCUT2D eigenvalue weighted by Crippen LogP contribution is -2.36. The molecule has 4 aromatic rings. The molecule has 0 spiro atoms. The number of morpholine rings is 1. The van der Waals surface area contributed by atoms with Crippen LogP contribution in [0.1, 0.15) is 10.4 Å². The average Bonchev–Trinajstić information content (AvgIpc) is 2.85. The predicted octanol–water partition coefficient (Wildman–Crippen LogP) is 4.99. The fraction of sp³-hybridized carbons (Fsp3) is 0.154. The Morgan fingerprint density at radius 1 is 0.871 bits per heavy atom. The van der Waals surface area contributed by atoms with Gasteiger partial charge in [0.05, 0.1) is 18.7 Å². The second-order valence-corrected chi connectivity index (χ2v) is 7.60. The number of carbonyl (C=O) groups is 1. The molecule has 0 radical (unpaired) electrons. The van der Waals surface area contributed by atoms with Gasteiger partial charge in [-0.25, -0.2) is 0 Å². The number of para-hydroxylation sites is 1. The molecule has 3 aromatic carbocycles. The highest BCUT2D eigenvalue weighted by Gasteiger charge is 2.12. The zero-order valence-electron chi connectivity index (χ0n) is 17.1. The molecule has 1 N–H and O–H groups in total. The smallest absolute Gasteiger partial charge is 0.255 e. The van der Waals surface area contributed by atoms with E-state index in [2.05, 4.69) is 21.3 Å². The molecule has 5 rings (SSSR count). The first-order chi connectivity index (χ1) is 15.3. The Hall–Kier alpha value is -3.70. The largest absolute Gasteiger partial charge is 0.378 e. The summed E-state index contributed by atoms with van der Waals surface area (Å²) >= 11 is 0. The molecular formula is C26H23N3O2. The average molecular weight is 409 g/mol. The summed E-state index contributed by atoms with van der Waals surface area (Å²) in [5.74, 6) is -0.130. The second-order valence-electron chi connectivity index (χ2n) is 7.60. The first kappa shape index (κ1) is 19.3. The van der Waals surface area contributed by atoms with Crippen LogP contribution in [-0.4, -0.2) is 37.2 Å². The van der Waals surface area contributed by atoms with Crippen molar-refractivity contribution >= 4 is 28.2 Å². The number of ether oxygens (including phenoxy) is 1. The van der Waals surface area contributed by atoms with Crippen LogP contribution in [0.3, 0.4) is 0 Å². The van der Waals surface area contributed by atoms with Crippen LogP contribution in [0.15, 0.2) is 85.1 Å². The molecule has 1 amide bonds. The Morgan fingerprint density at radius 3 is 2.52 bits per heavy atom. The van der Waals surface area contributed by atoms with Gasteiger partial charge in [0.1, 0.15) is 0 Å². The number of pyridine rings is 1. The van der Waals surface area contributed by atoms with Gasteiger partial charge in [-0.15, -0.1) is 0 Å². The summed E-state index contributed by atoms with van der Waals surface area (Å²) in [7, 11) is 0. The van der Waals surface area contributed by atoms with E-state index in [-0.39, 0.29) is 5.91 Å². The molecule has 154 valence electrons. The zero-order valence-corrected chi connectivity index (χ0v) is 17.1. The van der Waals surface area contributed by atoms with E-state index in [0.29, 0.717) is 5.56 Å².